The van der Waals surface area contributed by atoms with Crippen LogP contribution >= 0.6 is 12.6 Å². The molecule has 0 bridgehead atoms. The lowest BCUT2D eigenvalue weighted by molar-refractivity contribution is 0.404. The summed E-state index contributed by atoms with van der Waals surface area (Å²) < 4.78 is 5.13. The third kappa shape index (κ3) is 2.92. The predicted molar refractivity (Wildman–Crippen MR) is 62.9 cm³/mol. The molecule has 0 N–H and O–H groups in total. The van der Waals surface area contributed by atoms with Gasteiger partial charge in [-0.05, 0) is 19.1 Å². The maximum absolute atomic E-state index is 5.13. The highest BCUT2D eigenvalue weighted by atomic mass is 32.1. The highest BCUT2D eigenvalue weighted by Crippen LogP contribution is 2.08. The van der Waals surface area contributed by atoms with Crippen molar-refractivity contribution in [1.82, 2.24) is 0 Å². The van der Waals surface area contributed by atoms with Gasteiger partial charge in [0, 0.05) is 5.56 Å². The van der Waals surface area contributed by atoms with Gasteiger partial charge in [-0.15, -0.1) is 12.6 Å². The fourth-order valence-corrected chi connectivity index (χ4v) is 1.13. The van der Waals surface area contributed by atoms with Crippen LogP contribution < -0.4 is 0 Å². The molecule has 74 valence electrons. The van der Waals surface area contributed by atoms with E-state index in [2.05, 4.69) is 24.2 Å². The molecule has 0 aliphatic carbocycles. The number of ether oxygens (including phenoxy) is 1. The lowest BCUT2D eigenvalue weighted by atomic mass is 10.1. The summed E-state index contributed by atoms with van der Waals surface area (Å²) in [5, 5.41) is 0.433. The predicted octanol–water partition coefficient (Wildman–Crippen LogP) is 2.79. The van der Waals surface area contributed by atoms with E-state index in [0.29, 0.717) is 10.9 Å². The van der Waals surface area contributed by atoms with E-state index in [0.717, 1.165) is 5.56 Å². The third-order valence-electron chi connectivity index (χ3n) is 1.72. The van der Waals surface area contributed by atoms with E-state index in [9.17, 15) is 0 Å². The standard InChI is InChI=1S/C11H13NOS/c1-8-4-6-10(7-5-8)11(13-3)12-9(2)14/h4-7,14H,2H2,1,3H3/b12-11-. The van der Waals surface area contributed by atoms with E-state index in [1.54, 1.807) is 7.11 Å². The van der Waals surface area contributed by atoms with Crippen LogP contribution in [-0.4, -0.2) is 13.0 Å². The Morgan fingerprint density at radius 2 is 1.93 bits per heavy atom. The van der Waals surface area contributed by atoms with Crippen LogP contribution in [0.1, 0.15) is 11.1 Å². The Morgan fingerprint density at radius 3 is 2.36 bits per heavy atom. The minimum Gasteiger partial charge on any atom is -0.481 e. The smallest absolute Gasteiger partial charge is 0.221 e. The van der Waals surface area contributed by atoms with Crippen LogP contribution in [0.4, 0.5) is 0 Å². The van der Waals surface area contributed by atoms with Gasteiger partial charge in [0.15, 0.2) is 0 Å². The molecule has 0 aliphatic heterocycles. The van der Waals surface area contributed by atoms with E-state index in [1.165, 1.54) is 5.56 Å². The zero-order valence-electron chi connectivity index (χ0n) is 8.32. The molecular weight excluding hydrogens is 194 g/mol. The molecule has 1 rings (SSSR count). The maximum atomic E-state index is 5.13. The van der Waals surface area contributed by atoms with Gasteiger partial charge < -0.3 is 4.74 Å². The third-order valence-corrected chi connectivity index (χ3v) is 1.82. The number of nitrogens with zero attached hydrogens (tertiary/aromatic N) is 1. The fourth-order valence-electron chi connectivity index (χ4n) is 1.04. The van der Waals surface area contributed by atoms with Gasteiger partial charge in [0.1, 0.15) is 0 Å². The molecule has 0 spiro atoms. The first-order valence-corrected chi connectivity index (χ1v) is 4.66. The van der Waals surface area contributed by atoms with Gasteiger partial charge in [0.25, 0.3) is 0 Å². The number of methoxy groups -OCH3 is 1. The fraction of sp³-hybridized carbons (Fsp3) is 0.182. The lowest BCUT2D eigenvalue weighted by Gasteiger charge is -2.04. The molecule has 0 saturated heterocycles. The normalized spacial score (nSPS) is 11.2. The van der Waals surface area contributed by atoms with E-state index < -0.39 is 0 Å². The number of rotatable bonds is 2. The van der Waals surface area contributed by atoms with E-state index >= 15 is 0 Å². The molecule has 0 radical (unpaired) electrons. The van der Waals surface area contributed by atoms with Crippen molar-refractivity contribution < 1.29 is 4.74 Å². The molecule has 1 aromatic rings. The molecular formula is C11H13NOS. The molecule has 0 unspecified atom stereocenters. The van der Waals surface area contributed by atoms with Crippen molar-refractivity contribution in [1.29, 1.82) is 0 Å². The maximum Gasteiger partial charge on any atom is 0.221 e. The SMILES string of the molecule is C=C(S)/N=C(\OC)c1ccc(C)cc1. The average molecular weight is 207 g/mol. The van der Waals surface area contributed by atoms with Gasteiger partial charge in [0.2, 0.25) is 5.90 Å². The van der Waals surface area contributed by atoms with Crippen LogP contribution in [0.15, 0.2) is 40.9 Å². The Labute approximate surface area is 89.7 Å². The molecule has 0 fully saturated rings. The summed E-state index contributed by atoms with van der Waals surface area (Å²) >= 11 is 4.00. The second kappa shape index (κ2) is 4.86. The monoisotopic (exact) mass is 207 g/mol. The molecule has 0 atom stereocenters. The van der Waals surface area contributed by atoms with Crippen LogP contribution in [0.25, 0.3) is 0 Å². The number of aliphatic imine (C=N–C) groups is 1. The van der Waals surface area contributed by atoms with Gasteiger partial charge in [0.05, 0.1) is 12.1 Å². The molecule has 0 heterocycles. The first-order valence-electron chi connectivity index (χ1n) is 4.21. The summed E-state index contributed by atoms with van der Waals surface area (Å²) in [4.78, 5) is 4.06. The van der Waals surface area contributed by atoms with E-state index in [1.807, 2.05) is 31.2 Å². The summed E-state index contributed by atoms with van der Waals surface area (Å²) in [6.07, 6.45) is 0. The van der Waals surface area contributed by atoms with Crippen LogP contribution in [0.2, 0.25) is 0 Å². The summed E-state index contributed by atoms with van der Waals surface area (Å²) in [6, 6.07) is 7.92. The molecule has 0 aromatic heterocycles. The molecule has 14 heavy (non-hydrogen) atoms. The Morgan fingerprint density at radius 1 is 1.36 bits per heavy atom. The minimum absolute atomic E-state index is 0.433. The van der Waals surface area contributed by atoms with Gasteiger partial charge in [-0.2, -0.15) is 0 Å². The van der Waals surface area contributed by atoms with Crippen molar-refractivity contribution in [2.24, 2.45) is 4.99 Å². The van der Waals surface area contributed by atoms with Crippen molar-refractivity contribution in [3.63, 3.8) is 0 Å². The topological polar surface area (TPSA) is 21.6 Å². The van der Waals surface area contributed by atoms with Crippen molar-refractivity contribution >= 4 is 18.5 Å². The van der Waals surface area contributed by atoms with Crippen molar-refractivity contribution in [3.05, 3.63) is 47.0 Å². The summed E-state index contributed by atoms with van der Waals surface area (Å²) in [5.74, 6) is 0.532. The number of benzene rings is 1. The molecule has 1 aromatic carbocycles. The summed E-state index contributed by atoms with van der Waals surface area (Å²) in [5.41, 5.74) is 2.13. The highest BCUT2D eigenvalue weighted by Gasteiger charge is 2.02. The Kier molecular flexibility index (Phi) is 3.77. The lowest BCUT2D eigenvalue weighted by Crippen LogP contribution is -2.03. The van der Waals surface area contributed by atoms with Crippen molar-refractivity contribution in [3.8, 4) is 0 Å². The highest BCUT2D eigenvalue weighted by molar-refractivity contribution is 7.84. The van der Waals surface area contributed by atoms with Gasteiger partial charge in [-0.3, -0.25) is 0 Å². The minimum atomic E-state index is 0.433. The van der Waals surface area contributed by atoms with Gasteiger partial charge in [-0.25, -0.2) is 4.99 Å². The Bertz CT molecular complexity index is 354. The molecule has 2 nitrogen and oxygen atoms in total. The number of hydrogen-bond donors (Lipinski definition) is 1. The second-order valence-electron chi connectivity index (χ2n) is 2.90. The van der Waals surface area contributed by atoms with E-state index in [4.69, 9.17) is 4.74 Å². The number of thiol groups is 1. The first-order chi connectivity index (χ1) is 6.63. The van der Waals surface area contributed by atoms with E-state index in [-0.39, 0.29) is 0 Å². The number of aryl methyl sites for hydroxylation is 1. The quantitative estimate of drug-likeness (QED) is 0.449. The largest absolute Gasteiger partial charge is 0.481 e. The van der Waals surface area contributed by atoms with Crippen molar-refractivity contribution in [2.45, 2.75) is 6.92 Å². The van der Waals surface area contributed by atoms with Crippen molar-refractivity contribution in [2.75, 3.05) is 7.11 Å². The molecule has 3 heteroatoms. The van der Waals surface area contributed by atoms with Crippen LogP contribution in [0.3, 0.4) is 0 Å². The van der Waals surface area contributed by atoms with Crippen LogP contribution in [-0.2, 0) is 4.74 Å². The zero-order valence-corrected chi connectivity index (χ0v) is 9.21. The van der Waals surface area contributed by atoms with Crippen LogP contribution in [0, 0.1) is 6.92 Å². The van der Waals surface area contributed by atoms with Crippen LogP contribution in [0.5, 0.6) is 0 Å². The molecule has 0 aliphatic rings. The average Bonchev–Trinajstić information content (AvgIpc) is 2.15. The van der Waals surface area contributed by atoms with Gasteiger partial charge >= 0.3 is 0 Å². The zero-order chi connectivity index (χ0) is 10.6. The number of hydrogen-bond acceptors (Lipinski definition) is 3. The second-order valence-corrected chi connectivity index (χ2v) is 3.42. The molecule has 0 saturated carbocycles. The summed E-state index contributed by atoms with van der Waals surface area (Å²) in [7, 11) is 1.58. The first kappa shape index (κ1) is 10.9. The summed E-state index contributed by atoms with van der Waals surface area (Å²) in [6.45, 7) is 5.62. The van der Waals surface area contributed by atoms with Gasteiger partial charge in [-0.1, -0.05) is 24.3 Å². The molecule has 0 amide bonds. The Balaban J connectivity index is 3.01. The Hall–Kier alpha value is -1.22.